The maximum absolute atomic E-state index is 13.5. The molecule has 0 spiro atoms. The lowest BCUT2D eigenvalue weighted by atomic mass is 9.86. The number of thioether (sulfide) groups is 1. The van der Waals surface area contributed by atoms with Crippen molar-refractivity contribution in [2.45, 2.75) is 32.8 Å². The van der Waals surface area contributed by atoms with Crippen molar-refractivity contribution in [2.24, 2.45) is 5.92 Å². The molecule has 33 heavy (non-hydrogen) atoms. The number of halogens is 1. The highest BCUT2D eigenvalue weighted by molar-refractivity contribution is 8.03. The van der Waals surface area contributed by atoms with Crippen LogP contribution in [0.4, 0.5) is 4.79 Å². The van der Waals surface area contributed by atoms with Crippen molar-refractivity contribution in [1.82, 2.24) is 15.8 Å². The van der Waals surface area contributed by atoms with Gasteiger partial charge in [0, 0.05) is 24.6 Å². The number of benzene rings is 1. The van der Waals surface area contributed by atoms with Crippen LogP contribution in [0.15, 0.2) is 46.5 Å². The number of nitrogens with zero attached hydrogens (tertiary/aromatic N) is 1. The number of Topliss-reactive ketones (excluding diaryl/α,β-unsaturated/α-hetero) is 1. The highest BCUT2D eigenvalue weighted by Crippen LogP contribution is 2.42. The van der Waals surface area contributed by atoms with Crippen molar-refractivity contribution in [1.29, 1.82) is 0 Å². The zero-order valence-corrected chi connectivity index (χ0v) is 20.6. The number of ether oxygens (including phenoxy) is 2. The fourth-order valence-electron chi connectivity index (χ4n) is 3.43. The van der Waals surface area contributed by atoms with Crippen molar-refractivity contribution >= 4 is 41.1 Å². The van der Waals surface area contributed by atoms with Gasteiger partial charge in [-0.3, -0.25) is 14.6 Å². The molecule has 0 saturated carbocycles. The van der Waals surface area contributed by atoms with Crippen molar-refractivity contribution in [3.05, 3.63) is 57.1 Å². The molecule has 0 fully saturated rings. The van der Waals surface area contributed by atoms with Gasteiger partial charge in [0.05, 0.1) is 23.0 Å². The first-order valence-corrected chi connectivity index (χ1v) is 11.9. The van der Waals surface area contributed by atoms with Crippen LogP contribution in [0, 0.1) is 5.92 Å². The third-order valence-corrected chi connectivity index (χ3v) is 6.18. The Balaban J connectivity index is 1.88. The Bertz CT molecular complexity index is 985. The highest BCUT2D eigenvalue weighted by atomic mass is 35.5. The smallest absolute Gasteiger partial charge is 0.426 e. The average Bonchev–Trinajstić information content (AvgIpc) is 3.14. The molecule has 3 rings (SSSR count). The Morgan fingerprint density at radius 2 is 1.94 bits per heavy atom. The van der Waals surface area contributed by atoms with Crippen LogP contribution in [-0.4, -0.2) is 54.5 Å². The standard InChI is InChI=1S/C23H28ClN3O5S/c1-23(2,3)32-22(30)26-27-13-33-20-17(21(29)25-9-10-31-4)12-15(19(28)18(20)27)11-14-5-7-16(24)8-6-14/h5-8,12,15H,9-11,13H2,1-4H3,(H,25,29)(H,26,30). The number of amides is 2. The van der Waals surface area contributed by atoms with Crippen LogP contribution >= 0.6 is 23.4 Å². The molecule has 0 aromatic heterocycles. The minimum atomic E-state index is -0.686. The lowest BCUT2D eigenvalue weighted by Crippen LogP contribution is -2.45. The summed E-state index contributed by atoms with van der Waals surface area (Å²) in [6.07, 6.45) is 1.44. The topological polar surface area (TPSA) is 97.0 Å². The van der Waals surface area contributed by atoms with Crippen LogP contribution in [-0.2, 0) is 25.5 Å². The number of carbonyl (C=O) groups excluding carboxylic acids is 3. The monoisotopic (exact) mass is 493 g/mol. The molecule has 1 aromatic rings. The quantitative estimate of drug-likeness (QED) is 0.561. The second-order valence-electron chi connectivity index (χ2n) is 8.62. The van der Waals surface area contributed by atoms with Gasteiger partial charge in [0.1, 0.15) is 11.3 Å². The molecule has 10 heteroatoms. The third kappa shape index (κ3) is 6.52. The summed E-state index contributed by atoms with van der Waals surface area (Å²) in [5, 5.41) is 4.88. The number of hydrogen-bond donors (Lipinski definition) is 2. The molecular formula is C23H28ClN3O5S. The molecular weight excluding hydrogens is 466 g/mol. The first-order valence-electron chi connectivity index (χ1n) is 10.5. The molecule has 1 atom stereocenters. The summed E-state index contributed by atoms with van der Waals surface area (Å²) >= 11 is 7.30. The van der Waals surface area contributed by atoms with E-state index in [2.05, 4.69) is 10.7 Å². The third-order valence-electron chi connectivity index (χ3n) is 4.84. The number of nitrogens with one attached hydrogen (secondary N) is 2. The van der Waals surface area contributed by atoms with Gasteiger partial charge in [0.15, 0.2) is 5.78 Å². The maximum atomic E-state index is 13.5. The molecule has 1 aromatic carbocycles. The zero-order chi connectivity index (χ0) is 24.2. The second-order valence-corrected chi connectivity index (χ2v) is 10.0. The molecule has 8 nitrogen and oxygen atoms in total. The van der Waals surface area contributed by atoms with E-state index in [9.17, 15) is 14.4 Å². The van der Waals surface area contributed by atoms with Gasteiger partial charge in [-0.25, -0.2) is 10.2 Å². The summed E-state index contributed by atoms with van der Waals surface area (Å²) in [6.45, 7) is 5.99. The van der Waals surface area contributed by atoms with Crippen molar-refractivity contribution in [2.75, 3.05) is 26.1 Å². The number of hydrazine groups is 1. The molecule has 0 saturated heterocycles. The Hall–Kier alpha value is -2.49. The van der Waals surface area contributed by atoms with E-state index < -0.39 is 17.6 Å². The van der Waals surface area contributed by atoms with Crippen molar-refractivity contribution in [3.63, 3.8) is 0 Å². The molecule has 0 radical (unpaired) electrons. The van der Waals surface area contributed by atoms with E-state index in [1.54, 1.807) is 46.1 Å². The van der Waals surface area contributed by atoms with Gasteiger partial charge in [-0.15, -0.1) is 0 Å². The number of hydrogen-bond acceptors (Lipinski definition) is 7. The molecule has 1 unspecified atom stereocenters. The maximum Gasteiger partial charge on any atom is 0.426 e. The van der Waals surface area contributed by atoms with E-state index in [1.165, 1.54) is 16.8 Å². The van der Waals surface area contributed by atoms with Gasteiger partial charge < -0.3 is 14.8 Å². The van der Waals surface area contributed by atoms with Crippen molar-refractivity contribution in [3.8, 4) is 0 Å². The zero-order valence-electron chi connectivity index (χ0n) is 19.1. The van der Waals surface area contributed by atoms with Gasteiger partial charge in [-0.2, -0.15) is 0 Å². The molecule has 2 N–H and O–H groups in total. The molecule has 2 amide bonds. The van der Waals surface area contributed by atoms with Gasteiger partial charge in [-0.05, 0) is 44.9 Å². The van der Waals surface area contributed by atoms with Crippen LogP contribution < -0.4 is 10.7 Å². The fraction of sp³-hybridized carbons (Fsp3) is 0.435. The Morgan fingerprint density at radius 1 is 1.24 bits per heavy atom. The number of rotatable bonds is 7. The van der Waals surface area contributed by atoms with Crippen LogP contribution in [0.1, 0.15) is 26.3 Å². The first-order chi connectivity index (χ1) is 15.6. The molecule has 1 aliphatic carbocycles. The fourth-order valence-corrected chi connectivity index (χ4v) is 4.67. The minimum Gasteiger partial charge on any atom is -0.443 e. The summed E-state index contributed by atoms with van der Waals surface area (Å²) in [6, 6.07) is 7.23. The van der Waals surface area contributed by atoms with Crippen LogP contribution in [0.25, 0.3) is 0 Å². The van der Waals surface area contributed by atoms with E-state index in [1.807, 2.05) is 12.1 Å². The van der Waals surface area contributed by atoms with Gasteiger partial charge >= 0.3 is 6.09 Å². The lowest BCUT2D eigenvalue weighted by Gasteiger charge is -2.28. The second kappa shape index (κ2) is 10.6. The minimum absolute atomic E-state index is 0.172. The van der Waals surface area contributed by atoms with Crippen LogP contribution in [0.3, 0.4) is 0 Å². The van der Waals surface area contributed by atoms with E-state index in [4.69, 9.17) is 21.1 Å². The largest absolute Gasteiger partial charge is 0.443 e. The predicted octanol–water partition coefficient (Wildman–Crippen LogP) is 3.43. The summed E-state index contributed by atoms with van der Waals surface area (Å²) in [5.41, 5.74) is 3.58. The average molecular weight is 494 g/mol. The predicted molar refractivity (Wildman–Crippen MR) is 127 cm³/mol. The summed E-state index contributed by atoms with van der Waals surface area (Å²) in [5.74, 6) is -0.754. The summed E-state index contributed by atoms with van der Waals surface area (Å²) < 4.78 is 10.3. The van der Waals surface area contributed by atoms with Crippen LogP contribution in [0.5, 0.6) is 0 Å². The lowest BCUT2D eigenvalue weighted by molar-refractivity contribution is -0.119. The Morgan fingerprint density at radius 3 is 2.58 bits per heavy atom. The number of allylic oxidation sites excluding steroid dienone is 2. The molecule has 2 aliphatic rings. The van der Waals surface area contributed by atoms with Gasteiger partial charge in [0.2, 0.25) is 0 Å². The SMILES string of the molecule is COCCNC(=O)C1=CC(Cc2ccc(Cl)cc2)C(=O)C2=C1SCN2NC(=O)OC(C)(C)C. The molecule has 178 valence electrons. The number of ketones is 1. The van der Waals surface area contributed by atoms with Crippen molar-refractivity contribution < 1.29 is 23.9 Å². The molecule has 0 bridgehead atoms. The van der Waals surface area contributed by atoms with E-state index in [0.29, 0.717) is 40.8 Å². The number of carbonyl (C=O) groups is 3. The normalized spacial score (nSPS) is 18.1. The van der Waals surface area contributed by atoms with Crippen LogP contribution in [0.2, 0.25) is 5.02 Å². The van der Waals surface area contributed by atoms with E-state index in [-0.39, 0.29) is 17.6 Å². The molecule has 1 heterocycles. The van der Waals surface area contributed by atoms with E-state index in [0.717, 1.165) is 5.56 Å². The Kier molecular flexibility index (Phi) is 8.10. The highest BCUT2D eigenvalue weighted by Gasteiger charge is 2.40. The van der Waals surface area contributed by atoms with Gasteiger partial charge in [0.25, 0.3) is 5.91 Å². The summed E-state index contributed by atoms with van der Waals surface area (Å²) in [4.78, 5) is 39.3. The van der Waals surface area contributed by atoms with Gasteiger partial charge in [-0.1, -0.05) is 41.6 Å². The Labute approximate surface area is 202 Å². The molecule has 1 aliphatic heterocycles. The number of methoxy groups -OCH3 is 1. The first kappa shape index (κ1) is 25.1. The summed E-state index contributed by atoms with van der Waals surface area (Å²) in [7, 11) is 1.56. The van der Waals surface area contributed by atoms with E-state index >= 15 is 0 Å².